The van der Waals surface area contributed by atoms with Gasteiger partial charge in [-0.2, -0.15) is 0 Å². The van der Waals surface area contributed by atoms with Crippen molar-refractivity contribution in [1.29, 1.82) is 0 Å². The zero-order valence-electron chi connectivity index (χ0n) is 14.6. The van der Waals surface area contributed by atoms with Crippen LogP contribution in [-0.4, -0.2) is 60.5 Å². The third-order valence-corrected chi connectivity index (χ3v) is 5.01. The van der Waals surface area contributed by atoms with Gasteiger partial charge in [-0.1, -0.05) is 25.1 Å². The lowest BCUT2D eigenvalue weighted by atomic mass is 9.99. The van der Waals surface area contributed by atoms with E-state index in [9.17, 15) is 14.0 Å². The topological polar surface area (TPSA) is 49.9 Å². The highest BCUT2D eigenvalue weighted by Crippen LogP contribution is 2.18. The van der Waals surface area contributed by atoms with Gasteiger partial charge < -0.3 is 14.5 Å². The van der Waals surface area contributed by atoms with E-state index in [0.717, 1.165) is 12.8 Å². The van der Waals surface area contributed by atoms with Crippen molar-refractivity contribution in [2.45, 2.75) is 32.3 Å². The van der Waals surface area contributed by atoms with Crippen LogP contribution in [0.15, 0.2) is 24.3 Å². The average molecular weight is 348 g/mol. The first-order chi connectivity index (χ1) is 12.1. The quantitative estimate of drug-likeness (QED) is 0.834. The molecule has 2 aliphatic heterocycles. The van der Waals surface area contributed by atoms with E-state index in [4.69, 9.17) is 4.74 Å². The van der Waals surface area contributed by atoms with E-state index in [1.54, 1.807) is 28.0 Å². The molecule has 0 aromatic heterocycles. The summed E-state index contributed by atoms with van der Waals surface area (Å²) in [6.07, 6.45) is 1.81. The van der Waals surface area contributed by atoms with Gasteiger partial charge in [0.05, 0.1) is 0 Å². The molecule has 2 fully saturated rings. The van der Waals surface area contributed by atoms with Crippen molar-refractivity contribution >= 4 is 11.8 Å². The highest BCUT2D eigenvalue weighted by atomic mass is 19.1. The van der Waals surface area contributed by atoms with E-state index in [0.29, 0.717) is 44.8 Å². The number of carbonyl (C=O) groups is 2. The molecule has 0 N–H and O–H groups in total. The van der Waals surface area contributed by atoms with Crippen molar-refractivity contribution in [3.8, 4) is 0 Å². The second kappa shape index (κ2) is 7.95. The van der Waals surface area contributed by atoms with Crippen molar-refractivity contribution in [3.05, 3.63) is 35.6 Å². The van der Waals surface area contributed by atoms with Crippen LogP contribution in [0.1, 0.15) is 25.3 Å². The summed E-state index contributed by atoms with van der Waals surface area (Å²) >= 11 is 0. The fourth-order valence-corrected chi connectivity index (χ4v) is 3.52. The summed E-state index contributed by atoms with van der Waals surface area (Å²) < 4.78 is 19.2. The Labute approximate surface area is 147 Å². The summed E-state index contributed by atoms with van der Waals surface area (Å²) in [6, 6.07) is 6.57. The Kier molecular flexibility index (Phi) is 5.68. The molecular formula is C19H25FN2O3. The van der Waals surface area contributed by atoms with Crippen LogP contribution < -0.4 is 0 Å². The van der Waals surface area contributed by atoms with Crippen molar-refractivity contribution in [3.63, 3.8) is 0 Å². The predicted octanol–water partition coefficient (Wildman–Crippen LogP) is 1.85. The van der Waals surface area contributed by atoms with Crippen LogP contribution in [0.5, 0.6) is 0 Å². The minimum absolute atomic E-state index is 0.0208. The number of halogens is 1. The fourth-order valence-electron chi connectivity index (χ4n) is 3.52. The van der Waals surface area contributed by atoms with E-state index in [2.05, 4.69) is 0 Å². The van der Waals surface area contributed by atoms with E-state index in [-0.39, 0.29) is 29.7 Å². The fraction of sp³-hybridized carbons (Fsp3) is 0.579. The van der Waals surface area contributed by atoms with Crippen molar-refractivity contribution in [2.24, 2.45) is 5.92 Å². The van der Waals surface area contributed by atoms with E-state index >= 15 is 0 Å². The molecule has 2 aliphatic rings. The number of rotatable bonds is 4. The van der Waals surface area contributed by atoms with Gasteiger partial charge in [0.2, 0.25) is 5.91 Å². The average Bonchev–Trinajstić information content (AvgIpc) is 3.17. The van der Waals surface area contributed by atoms with Gasteiger partial charge in [-0.15, -0.1) is 0 Å². The third-order valence-electron chi connectivity index (χ3n) is 5.01. The minimum Gasteiger partial charge on any atom is -0.368 e. The van der Waals surface area contributed by atoms with E-state index in [1.165, 1.54) is 6.07 Å². The number of hydrogen-bond acceptors (Lipinski definition) is 3. The highest BCUT2D eigenvalue weighted by Gasteiger charge is 2.32. The predicted molar refractivity (Wildman–Crippen MR) is 91.4 cm³/mol. The van der Waals surface area contributed by atoms with Crippen LogP contribution in [0.4, 0.5) is 4.39 Å². The summed E-state index contributed by atoms with van der Waals surface area (Å²) in [4.78, 5) is 28.5. The van der Waals surface area contributed by atoms with Gasteiger partial charge in [0.15, 0.2) is 0 Å². The maximum Gasteiger partial charge on any atom is 0.251 e. The van der Waals surface area contributed by atoms with Crippen LogP contribution in [-0.2, 0) is 20.7 Å². The number of benzene rings is 1. The molecule has 2 heterocycles. The molecular weight excluding hydrogens is 323 g/mol. The molecule has 0 radical (unpaired) electrons. The molecule has 2 saturated heterocycles. The first kappa shape index (κ1) is 17.9. The lowest BCUT2D eigenvalue weighted by Crippen LogP contribution is -2.53. The second-order valence-electron chi connectivity index (χ2n) is 6.85. The van der Waals surface area contributed by atoms with Crippen molar-refractivity contribution in [1.82, 2.24) is 9.80 Å². The Morgan fingerprint density at radius 1 is 1.20 bits per heavy atom. The molecule has 1 aromatic carbocycles. The van der Waals surface area contributed by atoms with Crippen LogP contribution in [0.3, 0.4) is 0 Å². The maximum atomic E-state index is 13.8. The summed E-state index contributed by atoms with van der Waals surface area (Å²) in [5.74, 6) is -0.483. The molecule has 2 atom stereocenters. The van der Waals surface area contributed by atoms with E-state index < -0.39 is 0 Å². The van der Waals surface area contributed by atoms with E-state index in [1.807, 2.05) is 6.92 Å². The SMILES string of the molecule is CC(Cc1ccccc1F)C(=O)N1CCN(C(=O)C2CCCO2)CC1. The van der Waals surface area contributed by atoms with Crippen LogP contribution >= 0.6 is 0 Å². The van der Waals surface area contributed by atoms with Gasteiger partial charge in [-0.3, -0.25) is 9.59 Å². The van der Waals surface area contributed by atoms with Gasteiger partial charge in [-0.25, -0.2) is 4.39 Å². The standard InChI is InChI=1S/C19H25FN2O3/c1-14(13-15-5-2-3-6-16(15)20)18(23)21-8-10-22(11-9-21)19(24)17-7-4-12-25-17/h2-3,5-6,14,17H,4,7-13H2,1H3. The highest BCUT2D eigenvalue weighted by molar-refractivity contribution is 5.82. The molecule has 0 aliphatic carbocycles. The second-order valence-corrected chi connectivity index (χ2v) is 6.85. The zero-order chi connectivity index (χ0) is 17.8. The van der Waals surface area contributed by atoms with Gasteiger partial charge in [-0.05, 0) is 30.9 Å². The summed E-state index contributed by atoms with van der Waals surface area (Å²) in [7, 11) is 0. The molecule has 0 spiro atoms. The number of hydrogen-bond donors (Lipinski definition) is 0. The van der Waals surface area contributed by atoms with Gasteiger partial charge >= 0.3 is 0 Å². The first-order valence-electron chi connectivity index (χ1n) is 8.99. The molecule has 0 bridgehead atoms. The Bertz CT molecular complexity index is 623. The normalized spacial score (nSPS) is 22.1. The van der Waals surface area contributed by atoms with Crippen molar-refractivity contribution < 1.29 is 18.7 Å². The number of carbonyl (C=O) groups excluding carboxylic acids is 2. The molecule has 6 heteroatoms. The Morgan fingerprint density at radius 2 is 1.88 bits per heavy atom. The van der Waals surface area contributed by atoms with Gasteiger partial charge in [0, 0.05) is 38.7 Å². The summed E-state index contributed by atoms with van der Waals surface area (Å²) in [5, 5.41) is 0. The Hall–Kier alpha value is -1.95. The number of piperazine rings is 1. The Balaban J connectivity index is 1.51. The molecule has 1 aromatic rings. The molecule has 0 saturated carbocycles. The minimum atomic E-state index is -0.303. The molecule has 25 heavy (non-hydrogen) atoms. The Morgan fingerprint density at radius 3 is 2.52 bits per heavy atom. The van der Waals surface area contributed by atoms with Gasteiger partial charge in [0.1, 0.15) is 11.9 Å². The molecule has 3 rings (SSSR count). The van der Waals surface area contributed by atoms with Crippen molar-refractivity contribution in [2.75, 3.05) is 32.8 Å². The number of amides is 2. The lowest BCUT2D eigenvalue weighted by molar-refractivity contribution is -0.147. The first-order valence-corrected chi connectivity index (χ1v) is 8.99. The molecule has 5 nitrogen and oxygen atoms in total. The molecule has 2 unspecified atom stereocenters. The zero-order valence-corrected chi connectivity index (χ0v) is 14.6. The van der Waals surface area contributed by atoms with Crippen LogP contribution in [0.25, 0.3) is 0 Å². The van der Waals surface area contributed by atoms with Crippen LogP contribution in [0, 0.1) is 11.7 Å². The largest absolute Gasteiger partial charge is 0.368 e. The summed E-state index contributed by atoms with van der Waals surface area (Å²) in [6.45, 7) is 4.62. The number of nitrogens with zero attached hydrogens (tertiary/aromatic N) is 2. The molecule has 2 amide bonds. The van der Waals surface area contributed by atoms with Crippen LogP contribution in [0.2, 0.25) is 0 Å². The summed E-state index contributed by atoms with van der Waals surface area (Å²) in [5.41, 5.74) is 0.565. The molecule has 136 valence electrons. The third kappa shape index (κ3) is 4.18. The monoisotopic (exact) mass is 348 g/mol. The van der Waals surface area contributed by atoms with Gasteiger partial charge in [0.25, 0.3) is 5.91 Å². The smallest absolute Gasteiger partial charge is 0.251 e. The maximum absolute atomic E-state index is 13.8. The number of ether oxygens (including phenoxy) is 1. The lowest BCUT2D eigenvalue weighted by Gasteiger charge is -2.36.